The zero-order chi connectivity index (χ0) is 13.1. The van der Waals surface area contributed by atoms with Gasteiger partial charge >= 0.3 is 0 Å². The number of pyridine rings is 1. The third-order valence-corrected chi connectivity index (χ3v) is 3.89. The van der Waals surface area contributed by atoms with Gasteiger partial charge in [-0.25, -0.2) is 0 Å². The van der Waals surface area contributed by atoms with Crippen molar-refractivity contribution in [2.45, 2.75) is 25.4 Å². The van der Waals surface area contributed by atoms with E-state index in [4.69, 9.17) is 4.84 Å². The van der Waals surface area contributed by atoms with Gasteiger partial charge in [-0.15, -0.1) is 0 Å². The second-order valence-corrected chi connectivity index (χ2v) is 5.14. The average molecular weight is 260 g/mol. The Kier molecular flexibility index (Phi) is 3.64. The molecule has 1 atom stereocenters. The van der Waals surface area contributed by atoms with Gasteiger partial charge < -0.3 is 9.74 Å². The monoisotopic (exact) mass is 260 g/mol. The maximum Gasteiger partial charge on any atom is 0.178 e. The Morgan fingerprint density at radius 3 is 2.84 bits per heavy atom. The van der Waals surface area contributed by atoms with Crippen LogP contribution in [0.3, 0.4) is 0 Å². The number of aromatic nitrogens is 1. The van der Waals surface area contributed by atoms with Gasteiger partial charge in [0.25, 0.3) is 0 Å². The van der Waals surface area contributed by atoms with Crippen molar-refractivity contribution in [2.24, 2.45) is 5.16 Å². The minimum absolute atomic E-state index is 0.285. The van der Waals surface area contributed by atoms with E-state index in [0.29, 0.717) is 6.61 Å². The van der Waals surface area contributed by atoms with Gasteiger partial charge in [-0.05, 0) is 25.0 Å². The summed E-state index contributed by atoms with van der Waals surface area (Å²) in [6.45, 7) is 2.94. The number of rotatable bonds is 2. The predicted octanol–water partition coefficient (Wildman–Crippen LogP) is 1.52. The lowest BCUT2D eigenvalue weighted by atomic mass is 10.1. The lowest BCUT2D eigenvalue weighted by Crippen LogP contribution is -2.55. The van der Waals surface area contributed by atoms with E-state index in [2.05, 4.69) is 27.0 Å². The Labute approximate surface area is 113 Å². The Bertz CT molecular complexity index is 442. The van der Waals surface area contributed by atoms with Crippen LogP contribution in [0.15, 0.2) is 29.7 Å². The molecule has 1 unspecified atom stereocenters. The van der Waals surface area contributed by atoms with E-state index >= 15 is 0 Å². The fourth-order valence-electron chi connectivity index (χ4n) is 2.80. The van der Waals surface area contributed by atoms with Crippen LogP contribution in [0.1, 0.15) is 24.8 Å². The number of nitrogens with zero attached hydrogens (tertiary/aromatic N) is 4. The van der Waals surface area contributed by atoms with Gasteiger partial charge in [0, 0.05) is 38.1 Å². The molecule has 2 aliphatic rings. The van der Waals surface area contributed by atoms with E-state index in [1.165, 1.54) is 19.3 Å². The number of piperidine rings is 1. The van der Waals surface area contributed by atoms with E-state index in [-0.39, 0.29) is 6.17 Å². The van der Waals surface area contributed by atoms with Crippen LogP contribution < -0.4 is 0 Å². The zero-order valence-electron chi connectivity index (χ0n) is 11.3. The van der Waals surface area contributed by atoms with Gasteiger partial charge in [0.05, 0.1) is 0 Å². The minimum Gasteiger partial charge on any atom is -0.390 e. The summed E-state index contributed by atoms with van der Waals surface area (Å²) in [5.41, 5.74) is 1.01. The molecule has 1 aromatic rings. The smallest absolute Gasteiger partial charge is 0.178 e. The third kappa shape index (κ3) is 2.56. The Balaban J connectivity index is 1.78. The van der Waals surface area contributed by atoms with E-state index in [1.54, 1.807) is 6.20 Å². The standard InChI is InChI=1S/C14H20N4O/c1-17-13(18-8-3-2-4-9-18)11-19-16-14(17)12-6-5-7-15-10-12/h5-7,10,13H,2-4,8-9,11H2,1H3. The number of likely N-dealkylation sites (N-methyl/N-ethyl adjacent to an activating group) is 1. The number of likely N-dealkylation sites (tertiary alicyclic amines) is 1. The van der Waals surface area contributed by atoms with Crippen molar-refractivity contribution in [1.29, 1.82) is 0 Å². The normalized spacial score (nSPS) is 24.8. The van der Waals surface area contributed by atoms with Crippen LogP contribution in [-0.2, 0) is 4.84 Å². The molecule has 102 valence electrons. The second-order valence-electron chi connectivity index (χ2n) is 5.14. The molecule has 0 spiro atoms. The van der Waals surface area contributed by atoms with Crippen molar-refractivity contribution in [3.8, 4) is 0 Å². The molecule has 1 aromatic heterocycles. The molecule has 0 aromatic carbocycles. The van der Waals surface area contributed by atoms with E-state index in [0.717, 1.165) is 24.5 Å². The first-order valence-electron chi connectivity index (χ1n) is 6.93. The molecule has 0 N–H and O–H groups in total. The van der Waals surface area contributed by atoms with Crippen LogP contribution in [0, 0.1) is 0 Å². The number of hydrogen-bond acceptors (Lipinski definition) is 5. The van der Waals surface area contributed by atoms with Crippen molar-refractivity contribution in [3.05, 3.63) is 30.1 Å². The molecule has 2 aliphatic heterocycles. The highest BCUT2D eigenvalue weighted by atomic mass is 16.6. The molecule has 0 bridgehead atoms. The quantitative estimate of drug-likeness (QED) is 0.808. The molecule has 5 nitrogen and oxygen atoms in total. The maximum absolute atomic E-state index is 5.45. The fraction of sp³-hybridized carbons (Fsp3) is 0.571. The van der Waals surface area contributed by atoms with Crippen LogP contribution in [0.4, 0.5) is 0 Å². The van der Waals surface area contributed by atoms with Crippen molar-refractivity contribution in [2.75, 3.05) is 26.7 Å². The van der Waals surface area contributed by atoms with Crippen molar-refractivity contribution < 1.29 is 4.84 Å². The first-order chi connectivity index (χ1) is 9.36. The van der Waals surface area contributed by atoms with E-state index in [9.17, 15) is 0 Å². The number of amidine groups is 1. The molecule has 0 radical (unpaired) electrons. The summed E-state index contributed by atoms with van der Waals surface area (Å²) in [5.74, 6) is 0.870. The number of hydrogen-bond donors (Lipinski definition) is 0. The summed E-state index contributed by atoms with van der Waals surface area (Å²) < 4.78 is 0. The Morgan fingerprint density at radius 2 is 2.11 bits per heavy atom. The SMILES string of the molecule is CN1C(c2cccnc2)=NOCC1N1CCCCC1. The summed E-state index contributed by atoms with van der Waals surface area (Å²) in [6, 6.07) is 3.94. The van der Waals surface area contributed by atoms with Crippen LogP contribution >= 0.6 is 0 Å². The molecule has 1 fully saturated rings. The van der Waals surface area contributed by atoms with Crippen molar-refractivity contribution >= 4 is 5.84 Å². The largest absolute Gasteiger partial charge is 0.390 e. The maximum atomic E-state index is 5.45. The molecule has 3 rings (SSSR count). The summed E-state index contributed by atoms with van der Waals surface area (Å²) in [6.07, 6.45) is 7.80. The predicted molar refractivity (Wildman–Crippen MR) is 73.7 cm³/mol. The molecule has 3 heterocycles. The Hall–Kier alpha value is -1.62. The van der Waals surface area contributed by atoms with Crippen LogP contribution in [-0.4, -0.2) is 53.5 Å². The third-order valence-electron chi connectivity index (χ3n) is 3.89. The molecule has 1 saturated heterocycles. The lowest BCUT2D eigenvalue weighted by Gasteiger charge is -2.41. The van der Waals surface area contributed by atoms with Gasteiger partial charge in [0.2, 0.25) is 0 Å². The first-order valence-corrected chi connectivity index (χ1v) is 6.93. The highest BCUT2D eigenvalue weighted by Crippen LogP contribution is 2.19. The van der Waals surface area contributed by atoms with Gasteiger partial charge in [0.1, 0.15) is 6.17 Å². The topological polar surface area (TPSA) is 41.0 Å². The van der Waals surface area contributed by atoms with Crippen molar-refractivity contribution in [3.63, 3.8) is 0 Å². The second kappa shape index (κ2) is 5.57. The minimum atomic E-state index is 0.285. The Morgan fingerprint density at radius 1 is 1.26 bits per heavy atom. The van der Waals surface area contributed by atoms with Crippen molar-refractivity contribution in [1.82, 2.24) is 14.8 Å². The van der Waals surface area contributed by atoms with Gasteiger partial charge in [0.15, 0.2) is 12.4 Å². The van der Waals surface area contributed by atoms with E-state index < -0.39 is 0 Å². The molecule has 5 heteroatoms. The molecular formula is C14H20N4O. The number of oxime groups is 1. The summed E-state index contributed by atoms with van der Waals surface area (Å²) >= 11 is 0. The molecule has 0 saturated carbocycles. The van der Waals surface area contributed by atoms with Gasteiger partial charge in [-0.2, -0.15) is 0 Å². The van der Waals surface area contributed by atoms with Crippen LogP contribution in [0.2, 0.25) is 0 Å². The molecule has 19 heavy (non-hydrogen) atoms. The zero-order valence-corrected chi connectivity index (χ0v) is 11.3. The lowest BCUT2D eigenvalue weighted by molar-refractivity contribution is -0.0167. The van der Waals surface area contributed by atoms with E-state index in [1.807, 2.05) is 18.3 Å². The summed E-state index contributed by atoms with van der Waals surface area (Å²) in [7, 11) is 2.09. The molecule has 0 amide bonds. The highest BCUT2D eigenvalue weighted by molar-refractivity contribution is 5.98. The molecule has 0 aliphatic carbocycles. The van der Waals surface area contributed by atoms with Crippen LogP contribution in [0.25, 0.3) is 0 Å². The molecular weight excluding hydrogens is 240 g/mol. The summed E-state index contributed by atoms with van der Waals surface area (Å²) in [5, 5.41) is 4.20. The highest BCUT2D eigenvalue weighted by Gasteiger charge is 2.30. The van der Waals surface area contributed by atoms with Gasteiger partial charge in [-0.3, -0.25) is 9.88 Å². The first kappa shape index (κ1) is 12.4. The fourth-order valence-corrected chi connectivity index (χ4v) is 2.80. The average Bonchev–Trinajstić information content (AvgIpc) is 2.49. The van der Waals surface area contributed by atoms with Crippen LogP contribution in [0.5, 0.6) is 0 Å². The summed E-state index contributed by atoms with van der Waals surface area (Å²) in [4.78, 5) is 14.3. The van der Waals surface area contributed by atoms with Gasteiger partial charge in [-0.1, -0.05) is 11.6 Å².